The first-order chi connectivity index (χ1) is 7.42. The lowest BCUT2D eigenvalue weighted by molar-refractivity contribution is -0.142. The molecular formula is C11H21F3N2. The molecule has 0 bridgehead atoms. The first-order valence-electron chi connectivity index (χ1n) is 5.91. The van der Waals surface area contributed by atoms with Gasteiger partial charge in [0.1, 0.15) is 0 Å². The van der Waals surface area contributed by atoms with Crippen molar-refractivity contribution in [1.82, 2.24) is 10.2 Å². The topological polar surface area (TPSA) is 15.3 Å². The van der Waals surface area contributed by atoms with Crippen molar-refractivity contribution in [2.45, 2.75) is 38.4 Å². The number of hydrogen-bond acceptors (Lipinski definition) is 2. The molecule has 16 heavy (non-hydrogen) atoms. The van der Waals surface area contributed by atoms with E-state index in [1.165, 1.54) is 24.8 Å². The monoisotopic (exact) mass is 238 g/mol. The van der Waals surface area contributed by atoms with Gasteiger partial charge in [-0.05, 0) is 32.2 Å². The van der Waals surface area contributed by atoms with Gasteiger partial charge in [-0.25, -0.2) is 0 Å². The van der Waals surface area contributed by atoms with Crippen LogP contribution in [0.1, 0.15) is 26.2 Å². The molecule has 1 fully saturated rings. The van der Waals surface area contributed by atoms with E-state index >= 15 is 0 Å². The summed E-state index contributed by atoms with van der Waals surface area (Å²) in [5, 5.41) is 3.34. The highest BCUT2D eigenvalue weighted by Gasteiger charge is 2.30. The van der Waals surface area contributed by atoms with Crippen molar-refractivity contribution in [3.8, 4) is 0 Å². The molecule has 0 aromatic rings. The SMILES string of the molecule is CCC(NCCN(C)CC(F)(F)F)C1CC1. The van der Waals surface area contributed by atoms with Gasteiger partial charge in [0.05, 0.1) is 6.54 Å². The predicted octanol–water partition coefficient (Wildman–Crippen LogP) is 2.26. The van der Waals surface area contributed by atoms with Crippen molar-refractivity contribution in [3.63, 3.8) is 0 Å². The molecule has 0 aromatic carbocycles. The largest absolute Gasteiger partial charge is 0.401 e. The number of nitrogens with one attached hydrogen (secondary N) is 1. The molecule has 1 N–H and O–H groups in total. The zero-order chi connectivity index (χ0) is 12.2. The van der Waals surface area contributed by atoms with Crippen LogP contribution in [0.3, 0.4) is 0 Å². The van der Waals surface area contributed by atoms with Crippen LogP contribution in [0.25, 0.3) is 0 Å². The summed E-state index contributed by atoms with van der Waals surface area (Å²) in [6.07, 6.45) is -0.489. The van der Waals surface area contributed by atoms with Crippen molar-refractivity contribution in [2.75, 3.05) is 26.7 Å². The van der Waals surface area contributed by atoms with Crippen LogP contribution in [0.2, 0.25) is 0 Å². The van der Waals surface area contributed by atoms with Gasteiger partial charge in [-0.1, -0.05) is 6.92 Å². The molecule has 96 valence electrons. The van der Waals surface area contributed by atoms with Gasteiger partial charge in [0.15, 0.2) is 0 Å². The van der Waals surface area contributed by atoms with Crippen LogP contribution in [0.15, 0.2) is 0 Å². The molecular weight excluding hydrogens is 217 g/mol. The number of likely N-dealkylation sites (N-methyl/N-ethyl adjacent to an activating group) is 1. The standard InChI is InChI=1S/C11H21F3N2/c1-3-10(9-4-5-9)15-6-7-16(2)8-11(12,13)14/h9-10,15H,3-8H2,1-2H3. The van der Waals surface area contributed by atoms with Gasteiger partial charge >= 0.3 is 6.18 Å². The molecule has 1 rings (SSSR count). The Kier molecular flexibility index (Phi) is 5.05. The fourth-order valence-corrected chi connectivity index (χ4v) is 1.97. The van der Waals surface area contributed by atoms with E-state index in [1.54, 1.807) is 0 Å². The lowest BCUT2D eigenvalue weighted by Gasteiger charge is -2.21. The Morgan fingerprint density at radius 1 is 1.38 bits per heavy atom. The fraction of sp³-hybridized carbons (Fsp3) is 1.00. The Bertz CT molecular complexity index is 202. The van der Waals surface area contributed by atoms with Gasteiger partial charge in [0.2, 0.25) is 0 Å². The summed E-state index contributed by atoms with van der Waals surface area (Å²) in [6.45, 7) is 2.38. The van der Waals surface area contributed by atoms with Crippen LogP contribution in [-0.2, 0) is 0 Å². The summed E-state index contributed by atoms with van der Waals surface area (Å²) in [7, 11) is 1.51. The van der Waals surface area contributed by atoms with Crippen molar-refractivity contribution < 1.29 is 13.2 Å². The minimum atomic E-state index is -4.09. The zero-order valence-corrected chi connectivity index (χ0v) is 9.98. The number of alkyl halides is 3. The fourth-order valence-electron chi connectivity index (χ4n) is 1.97. The van der Waals surface area contributed by atoms with Crippen LogP contribution < -0.4 is 5.32 Å². The Hall–Kier alpha value is -0.290. The van der Waals surface area contributed by atoms with Gasteiger partial charge in [-0.15, -0.1) is 0 Å². The first kappa shape index (κ1) is 13.8. The molecule has 0 spiro atoms. The molecule has 2 nitrogen and oxygen atoms in total. The van der Waals surface area contributed by atoms with Gasteiger partial charge in [-0.3, -0.25) is 4.90 Å². The van der Waals surface area contributed by atoms with E-state index in [1.807, 2.05) is 0 Å². The number of rotatable bonds is 7. The minimum absolute atomic E-state index is 0.447. The summed E-state index contributed by atoms with van der Waals surface area (Å²) in [5.74, 6) is 0.762. The van der Waals surface area contributed by atoms with E-state index in [0.29, 0.717) is 19.1 Å². The van der Waals surface area contributed by atoms with Crippen LogP contribution >= 0.6 is 0 Å². The van der Waals surface area contributed by atoms with E-state index in [9.17, 15) is 13.2 Å². The maximum atomic E-state index is 12.0. The van der Waals surface area contributed by atoms with Crippen LogP contribution in [0, 0.1) is 5.92 Å². The molecule has 1 saturated carbocycles. The number of halogens is 3. The van der Waals surface area contributed by atoms with E-state index in [4.69, 9.17) is 0 Å². The molecule has 1 atom stereocenters. The van der Waals surface area contributed by atoms with Crippen LogP contribution in [0.4, 0.5) is 13.2 Å². The molecule has 0 aliphatic heterocycles. The predicted molar refractivity (Wildman–Crippen MR) is 58.4 cm³/mol. The Morgan fingerprint density at radius 2 is 2.00 bits per heavy atom. The lowest BCUT2D eigenvalue weighted by Crippen LogP contribution is -2.39. The van der Waals surface area contributed by atoms with E-state index in [0.717, 1.165) is 12.3 Å². The second-order valence-electron chi connectivity index (χ2n) is 4.66. The van der Waals surface area contributed by atoms with Crippen LogP contribution in [0.5, 0.6) is 0 Å². The highest BCUT2D eigenvalue weighted by molar-refractivity contribution is 4.85. The van der Waals surface area contributed by atoms with Gasteiger partial charge in [0.25, 0.3) is 0 Å². The molecule has 0 aromatic heterocycles. The highest BCUT2D eigenvalue weighted by atomic mass is 19.4. The molecule has 0 heterocycles. The van der Waals surface area contributed by atoms with Crippen molar-refractivity contribution in [1.29, 1.82) is 0 Å². The minimum Gasteiger partial charge on any atom is -0.312 e. The summed E-state index contributed by atoms with van der Waals surface area (Å²) in [5.41, 5.74) is 0. The first-order valence-corrected chi connectivity index (χ1v) is 5.91. The summed E-state index contributed by atoms with van der Waals surface area (Å²) < 4.78 is 36.1. The van der Waals surface area contributed by atoms with Crippen molar-refractivity contribution >= 4 is 0 Å². The second-order valence-corrected chi connectivity index (χ2v) is 4.66. The molecule has 1 aliphatic rings. The zero-order valence-electron chi connectivity index (χ0n) is 9.98. The summed E-state index contributed by atoms with van der Waals surface area (Å²) in [6, 6.07) is 0.499. The van der Waals surface area contributed by atoms with Crippen molar-refractivity contribution in [3.05, 3.63) is 0 Å². The third-order valence-electron chi connectivity index (χ3n) is 2.98. The third-order valence-corrected chi connectivity index (χ3v) is 2.98. The quantitative estimate of drug-likeness (QED) is 0.732. The average molecular weight is 238 g/mol. The van der Waals surface area contributed by atoms with E-state index < -0.39 is 12.7 Å². The summed E-state index contributed by atoms with van der Waals surface area (Å²) in [4.78, 5) is 1.31. The Morgan fingerprint density at radius 3 is 2.44 bits per heavy atom. The number of nitrogens with zero attached hydrogens (tertiary/aromatic N) is 1. The second kappa shape index (κ2) is 5.87. The Labute approximate surface area is 95.2 Å². The highest BCUT2D eigenvalue weighted by Crippen LogP contribution is 2.33. The molecule has 1 unspecified atom stereocenters. The molecule has 0 amide bonds. The third kappa shape index (κ3) is 5.70. The van der Waals surface area contributed by atoms with Gasteiger partial charge in [0, 0.05) is 19.1 Å². The van der Waals surface area contributed by atoms with Gasteiger partial charge in [-0.2, -0.15) is 13.2 Å². The normalized spacial score (nSPS) is 19.1. The summed E-state index contributed by atoms with van der Waals surface area (Å²) >= 11 is 0. The lowest BCUT2D eigenvalue weighted by atomic mass is 10.1. The van der Waals surface area contributed by atoms with Crippen molar-refractivity contribution in [2.24, 2.45) is 5.92 Å². The maximum Gasteiger partial charge on any atom is 0.401 e. The molecule has 0 radical (unpaired) electrons. The van der Waals surface area contributed by atoms with Gasteiger partial charge < -0.3 is 5.32 Å². The average Bonchev–Trinajstić information content (AvgIpc) is 2.92. The molecule has 0 saturated heterocycles. The van der Waals surface area contributed by atoms with E-state index in [2.05, 4.69) is 12.2 Å². The smallest absolute Gasteiger partial charge is 0.312 e. The maximum absolute atomic E-state index is 12.0. The molecule has 1 aliphatic carbocycles. The number of hydrogen-bond donors (Lipinski definition) is 1. The molecule has 5 heteroatoms. The van der Waals surface area contributed by atoms with Crippen LogP contribution in [-0.4, -0.2) is 43.8 Å². The van der Waals surface area contributed by atoms with E-state index in [-0.39, 0.29) is 0 Å². The Balaban J connectivity index is 2.09.